The van der Waals surface area contributed by atoms with Crippen molar-refractivity contribution in [2.24, 2.45) is 5.92 Å². The minimum Gasteiger partial charge on any atom is -0.447 e. The van der Waals surface area contributed by atoms with Gasteiger partial charge in [0.2, 0.25) is 0 Å². The first-order valence-electron chi connectivity index (χ1n) is 12.2. The number of nitrogens with two attached hydrogens (primary N) is 1. The number of carbonyl (C=O) groups is 2. The summed E-state index contributed by atoms with van der Waals surface area (Å²) in [4.78, 5) is 26.9. The number of hydrogen-bond acceptors (Lipinski definition) is 4. The number of nitrogens with zero attached hydrogens (tertiary/aromatic N) is 2. The predicted molar refractivity (Wildman–Crippen MR) is 135 cm³/mol. The Bertz CT molecular complexity index is 1220. The van der Waals surface area contributed by atoms with E-state index in [9.17, 15) is 9.59 Å². The number of ether oxygens (including phenoxy) is 1. The molecule has 1 saturated heterocycles. The van der Waals surface area contributed by atoms with Gasteiger partial charge < -0.3 is 19.9 Å². The molecule has 5 rings (SSSR count). The molecule has 7 heteroatoms. The van der Waals surface area contributed by atoms with E-state index in [1.165, 1.54) is 12.8 Å². The van der Waals surface area contributed by atoms with Crippen molar-refractivity contribution in [2.75, 3.05) is 24.1 Å². The summed E-state index contributed by atoms with van der Waals surface area (Å²) in [6.07, 6.45) is 3.92. The molecule has 2 aromatic carbocycles. The molecule has 34 heavy (non-hydrogen) atoms. The Kier molecular flexibility index (Phi) is 5.94. The summed E-state index contributed by atoms with van der Waals surface area (Å²) in [6, 6.07) is 13.5. The second kappa shape index (κ2) is 9.05. The van der Waals surface area contributed by atoms with Gasteiger partial charge in [0.1, 0.15) is 0 Å². The molecule has 2 heterocycles. The average Bonchev–Trinajstić information content (AvgIpc) is 3.37. The summed E-state index contributed by atoms with van der Waals surface area (Å²) in [5.74, 6) is 0.737. The number of carbonyl (C=O) groups excluding carboxylic acids is 2. The van der Waals surface area contributed by atoms with E-state index in [1.807, 2.05) is 61.2 Å². The van der Waals surface area contributed by atoms with Gasteiger partial charge in [-0.3, -0.25) is 10.1 Å². The van der Waals surface area contributed by atoms with Crippen molar-refractivity contribution in [3.8, 4) is 11.3 Å². The van der Waals surface area contributed by atoms with Crippen LogP contribution in [0.25, 0.3) is 22.2 Å². The summed E-state index contributed by atoms with van der Waals surface area (Å²) < 4.78 is 7.44. The van der Waals surface area contributed by atoms with Gasteiger partial charge in [-0.15, -0.1) is 0 Å². The topological polar surface area (TPSA) is 89.6 Å². The molecule has 0 bridgehead atoms. The summed E-state index contributed by atoms with van der Waals surface area (Å²) >= 11 is 0. The summed E-state index contributed by atoms with van der Waals surface area (Å²) in [6.45, 7) is 6.17. The van der Waals surface area contributed by atoms with Crippen LogP contribution >= 0.6 is 0 Å². The van der Waals surface area contributed by atoms with Crippen LogP contribution in [-0.2, 0) is 11.3 Å². The number of hydrogen-bond donors (Lipinski definition) is 2. The molecule has 1 aliphatic carbocycles. The number of anilines is 2. The highest BCUT2D eigenvalue weighted by atomic mass is 16.6. The highest BCUT2D eigenvalue weighted by Gasteiger charge is 2.27. The van der Waals surface area contributed by atoms with E-state index in [-0.39, 0.29) is 12.0 Å². The smallest absolute Gasteiger partial charge is 0.411 e. The Hall–Kier alpha value is -3.48. The molecule has 2 amide bonds. The van der Waals surface area contributed by atoms with Crippen LogP contribution in [0.3, 0.4) is 0 Å². The van der Waals surface area contributed by atoms with Gasteiger partial charge in [0.05, 0.1) is 23.0 Å². The Morgan fingerprint density at radius 1 is 1.09 bits per heavy atom. The first-order valence-corrected chi connectivity index (χ1v) is 12.2. The minimum absolute atomic E-state index is 0.0994. The SMILES string of the molecule is CC(C)OC(=O)Nc1ccc(-c2c(N)c3ccc(C(=O)N4CCCC4)cc3n2CC2CC2)cc1. The lowest BCUT2D eigenvalue weighted by Crippen LogP contribution is -2.27. The minimum atomic E-state index is -0.472. The molecule has 3 aromatic rings. The molecule has 0 spiro atoms. The van der Waals surface area contributed by atoms with Gasteiger partial charge in [0.15, 0.2) is 0 Å². The van der Waals surface area contributed by atoms with E-state index in [0.29, 0.717) is 11.6 Å². The zero-order chi connectivity index (χ0) is 23.8. The fraction of sp³-hybridized carbons (Fsp3) is 0.407. The van der Waals surface area contributed by atoms with Gasteiger partial charge in [0, 0.05) is 41.8 Å². The van der Waals surface area contributed by atoms with E-state index in [4.69, 9.17) is 10.5 Å². The Balaban J connectivity index is 1.50. The van der Waals surface area contributed by atoms with Crippen LogP contribution in [-0.4, -0.2) is 40.7 Å². The normalized spacial score (nSPS) is 15.8. The lowest BCUT2D eigenvalue weighted by molar-refractivity contribution is 0.0793. The number of nitrogen functional groups attached to an aromatic ring is 1. The van der Waals surface area contributed by atoms with Gasteiger partial charge in [-0.2, -0.15) is 0 Å². The predicted octanol–water partition coefficient (Wildman–Crippen LogP) is 5.49. The number of rotatable bonds is 6. The third-order valence-corrected chi connectivity index (χ3v) is 6.63. The van der Waals surface area contributed by atoms with Gasteiger partial charge in [-0.1, -0.05) is 12.1 Å². The maximum absolute atomic E-state index is 13.0. The first-order chi connectivity index (χ1) is 16.4. The number of amides is 2. The standard InChI is InChI=1S/C27H32N4O3/c1-17(2)34-27(33)29-21-10-7-19(8-11-21)25-24(28)22-12-9-20(26(32)30-13-3-4-14-30)15-23(22)31(25)16-18-5-6-18/h7-12,15,17-18H,3-6,13-14,16,28H2,1-2H3,(H,29,33). The maximum Gasteiger partial charge on any atom is 0.411 e. The first kappa shape index (κ1) is 22.3. The maximum atomic E-state index is 13.0. The molecule has 0 radical (unpaired) electrons. The lowest BCUT2D eigenvalue weighted by Gasteiger charge is -2.16. The second-order valence-electron chi connectivity index (χ2n) is 9.70. The Morgan fingerprint density at radius 3 is 2.44 bits per heavy atom. The van der Waals surface area contributed by atoms with Crippen LogP contribution in [0.1, 0.15) is 49.9 Å². The van der Waals surface area contributed by atoms with Crippen LogP contribution in [0.2, 0.25) is 0 Å². The third kappa shape index (κ3) is 4.47. The molecule has 0 atom stereocenters. The number of nitrogens with one attached hydrogen (secondary N) is 1. The Morgan fingerprint density at radius 2 is 1.79 bits per heavy atom. The number of benzene rings is 2. The van der Waals surface area contributed by atoms with Crippen molar-refractivity contribution in [3.63, 3.8) is 0 Å². The fourth-order valence-corrected chi connectivity index (χ4v) is 4.74. The lowest BCUT2D eigenvalue weighted by atomic mass is 10.1. The van der Waals surface area contributed by atoms with Crippen LogP contribution in [0, 0.1) is 5.92 Å². The van der Waals surface area contributed by atoms with Crippen molar-refractivity contribution in [1.82, 2.24) is 9.47 Å². The fourth-order valence-electron chi connectivity index (χ4n) is 4.74. The van der Waals surface area contributed by atoms with Crippen molar-refractivity contribution < 1.29 is 14.3 Å². The van der Waals surface area contributed by atoms with Gasteiger partial charge in [-0.05, 0) is 75.8 Å². The molecule has 1 aliphatic heterocycles. The molecule has 7 nitrogen and oxygen atoms in total. The van der Waals surface area contributed by atoms with Crippen LogP contribution in [0.15, 0.2) is 42.5 Å². The van der Waals surface area contributed by atoms with E-state index in [2.05, 4.69) is 9.88 Å². The van der Waals surface area contributed by atoms with Gasteiger partial charge in [0.25, 0.3) is 5.91 Å². The molecule has 2 fully saturated rings. The highest BCUT2D eigenvalue weighted by molar-refractivity contribution is 6.05. The number of aromatic nitrogens is 1. The molecule has 1 aromatic heterocycles. The van der Waals surface area contributed by atoms with Gasteiger partial charge in [-0.25, -0.2) is 4.79 Å². The monoisotopic (exact) mass is 460 g/mol. The van der Waals surface area contributed by atoms with E-state index >= 15 is 0 Å². The van der Waals surface area contributed by atoms with Crippen molar-refractivity contribution in [3.05, 3.63) is 48.0 Å². The molecule has 0 unspecified atom stereocenters. The van der Waals surface area contributed by atoms with Crippen molar-refractivity contribution in [1.29, 1.82) is 0 Å². The van der Waals surface area contributed by atoms with Crippen molar-refractivity contribution in [2.45, 2.75) is 52.2 Å². The van der Waals surface area contributed by atoms with Crippen LogP contribution < -0.4 is 11.1 Å². The molecule has 178 valence electrons. The summed E-state index contributed by atoms with van der Waals surface area (Å²) in [5, 5.41) is 3.72. The zero-order valence-electron chi connectivity index (χ0n) is 19.8. The third-order valence-electron chi connectivity index (χ3n) is 6.63. The molecule has 2 aliphatic rings. The Labute approximate surface area is 199 Å². The highest BCUT2D eigenvalue weighted by Crippen LogP contribution is 2.40. The van der Waals surface area contributed by atoms with E-state index in [1.54, 1.807) is 0 Å². The molecule has 1 saturated carbocycles. The largest absolute Gasteiger partial charge is 0.447 e. The summed E-state index contributed by atoms with van der Waals surface area (Å²) in [7, 11) is 0. The van der Waals surface area contributed by atoms with Gasteiger partial charge >= 0.3 is 6.09 Å². The average molecular weight is 461 g/mol. The second-order valence-corrected chi connectivity index (χ2v) is 9.70. The molecular formula is C27H32N4O3. The van der Waals surface area contributed by atoms with E-state index in [0.717, 1.165) is 65.9 Å². The number of likely N-dealkylation sites (tertiary alicyclic amines) is 1. The molecular weight excluding hydrogens is 428 g/mol. The number of fused-ring (bicyclic) bond motifs is 1. The summed E-state index contributed by atoms with van der Waals surface area (Å²) in [5.41, 5.74) is 11.7. The van der Waals surface area contributed by atoms with E-state index < -0.39 is 6.09 Å². The van der Waals surface area contributed by atoms with Crippen LogP contribution in [0.4, 0.5) is 16.2 Å². The van der Waals surface area contributed by atoms with Crippen LogP contribution in [0.5, 0.6) is 0 Å². The van der Waals surface area contributed by atoms with Crippen molar-refractivity contribution >= 4 is 34.3 Å². The zero-order valence-corrected chi connectivity index (χ0v) is 19.8. The molecule has 3 N–H and O–H groups in total. The quantitative estimate of drug-likeness (QED) is 0.509.